The largest absolute Gasteiger partial charge is 0.480 e. The molecule has 3 aromatic carbocycles. The van der Waals surface area contributed by atoms with E-state index in [2.05, 4.69) is 14.9 Å². The van der Waals surface area contributed by atoms with Crippen molar-refractivity contribution in [2.75, 3.05) is 23.6 Å². The molecule has 0 bridgehead atoms. The molecular weight excluding hydrogens is 568 g/mol. The van der Waals surface area contributed by atoms with E-state index in [9.17, 15) is 22.4 Å². The molecular formula is C27H26Cl2FN3O5S. The van der Waals surface area contributed by atoms with Gasteiger partial charge in [-0.3, -0.25) is 19.2 Å². The zero-order valence-electron chi connectivity index (χ0n) is 20.8. The van der Waals surface area contributed by atoms with E-state index < -0.39 is 39.3 Å². The number of aliphatic carboxylic acids is 1. The van der Waals surface area contributed by atoms with Crippen molar-refractivity contribution in [3.05, 3.63) is 99.3 Å². The number of halogens is 3. The average Bonchev–Trinajstić information content (AvgIpc) is 2.85. The number of hydrogen-bond acceptors (Lipinski definition) is 5. The third-order valence-electron chi connectivity index (χ3n) is 6.38. The number of carboxylic acids is 1. The van der Waals surface area contributed by atoms with E-state index in [1.165, 1.54) is 13.0 Å². The number of nitrogens with zero attached hydrogens (tertiary/aromatic N) is 1. The first-order chi connectivity index (χ1) is 18.4. The lowest BCUT2D eigenvalue weighted by molar-refractivity contribution is -0.138. The molecule has 0 saturated carbocycles. The number of benzene rings is 3. The van der Waals surface area contributed by atoms with Crippen molar-refractivity contribution < 1.29 is 27.5 Å². The van der Waals surface area contributed by atoms with Gasteiger partial charge in [0.05, 0.1) is 17.4 Å². The Balaban J connectivity index is 1.43. The molecule has 1 amide bonds. The van der Waals surface area contributed by atoms with Gasteiger partial charge in [0.2, 0.25) is 10.0 Å². The number of carbonyl (C=O) groups is 2. The second-order valence-corrected chi connectivity index (χ2v) is 12.1. The van der Waals surface area contributed by atoms with Crippen molar-refractivity contribution in [1.29, 1.82) is 0 Å². The molecule has 0 aromatic heterocycles. The lowest BCUT2D eigenvalue weighted by Crippen LogP contribution is -2.51. The molecule has 39 heavy (non-hydrogen) atoms. The molecule has 1 unspecified atom stereocenters. The Morgan fingerprint density at radius 1 is 1.00 bits per heavy atom. The van der Waals surface area contributed by atoms with Crippen LogP contribution in [0.15, 0.2) is 66.7 Å². The van der Waals surface area contributed by atoms with Gasteiger partial charge in [-0.15, -0.1) is 0 Å². The molecule has 3 N–H and O–H groups in total. The van der Waals surface area contributed by atoms with Crippen LogP contribution in [0.25, 0.3) is 0 Å². The van der Waals surface area contributed by atoms with E-state index in [1.54, 1.807) is 0 Å². The van der Waals surface area contributed by atoms with Crippen LogP contribution in [0.3, 0.4) is 0 Å². The number of rotatable bonds is 10. The highest BCUT2D eigenvalue weighted by Gasteiger charge is 2.36. The highest BCUT2D eigenvalue weighted by Crippen LogP contribution is 2.36. The minimum atomic E-state index is -3.84. The summed E-state index contributed by atoms with van der Waals surface area (Å²) in [6.45, 7) is 2.26. The number of carboxylic acid groups (broad SMARTS) is 1. The molecule has 0 aliphatic carbocycles. The number of nitrogens with one attached hydrogen (secondary N) is 2. The lowest BCUT2D eigenvalue weighted by Gasteiger charge is -2.44. The molecule has 1 aliphatic heterocycles. The van der Waals surface area contributed by atoms with Crippen molar-refractivity contribution in [3.63, 3.8) is 0 Å². The lowest BCUT2D eigenvalue weighted by atomic mass is 9.91. The summed E-state index contributed by atoms with van der Waals surface area (Å²) in [5, 5.41) is 12.3. The van der Waals surface area contributed by atoms with Gasteiger partial charge in [-0.1, -0.05) is 47.5 Å². The van der Waals surface area contributed by atoms with Crippen LogP contribution in [0.4, 0.5) is 10.1 Å². The van der Waals surface area contributed by atoms with Crippen molar-refractivity contribution in [2.45, 2.75) is 19.0 Å². The van der Waals surface area contributed by atoms with Crippen LogP contribution in [0.5, 0.6) is 0 Å². The molecule has 0 spiro atoms. The van der Waals surface area contributed by atoms with Gasteiger partial charge >= 0.3 is 5.97 Å². The van der Waals surface area contributed by atoms with Gasteiger partial charge in [-0.05, 0) is 60.5 Å². The average molecular weight is 594 g/mol. The molecule has 3 aromatic rings. The van der Waals surface area contributed by atoms with Crippen molar-refractivity contribution in [1.82, 2.24) is 10.2 Å². The molecule has 8 nitrogen and oxygen atoms in total. The molecule has 1 heterocycles. The predicted molar refractivity (Wildman–Crippen MR) is 148 cm³/mol. The minimum absolute atomic E-state index is 0.000845. The van der Waals surface area contributed by atoms with E-state index in [1.807, 2.05) is 48.5 Å². The van der Waals surface area contributed by atoms with Crippen LogP contribution >= 0.6 is 23.2 Å². The molecule has 12 heteroatoms. The van der Waals surface area contributed by atoms with E-state index in [0.29, 0.717) is 23.1 Å². The van der Waals surface area contributed by atoms with Crippen LogP contribution in [-0.2, 0) is 14.8 Å². The van der Waals surface area contributed by atoms with Crippen LogP contribution in [0, 0.1) is 11.7 Å². The minimum Gasteiger partial charge on any atom is -0.480 e. The second-order valence-electron chi connectivity index (χ2n) is 9.44. The van der Waals surface area contributed by atoms with Crippen molar-refractivity contribution in [2.24, 2.45) is 5.92 Å². The predicted octanol–water partition coefficient (Wildman–Crippen LogP) is 4.80. The fourth-order valence-corrected chi connectivity index (χ4v) is 6.11. The zero-order valence-corrected chi connectivity index (χ0v) is 23.1. The molecule has 1 saturated heterocycles. The monoisotopic (exact) mass is 593 g/mol. The van der Waals surface area contributed by atoms with Crippen LogP contribution in [0.2, 0.25) is 10.0 Å². The van der Waals surface area contributed by atoms with Gasteiger partial charge in [0, 0.05) is 34.7 Å². The van der Waals surface area contributed by atoms with E-state index in [-0.39, 0.29) is 23.4 Å². The number of anilines is 1. The third-order valence-corrected chi connectivity index (χ3v) is 8.34. The Kier molecular flexibility index (Phi) is 8.80. The van der Waals surface area contributed by atoms with Gasteiger partial charge in [0.25, 0.3) is 5.91 Å². The topological polar surface area (TPSA) is 116 Å². The Morgan fingerprint density at radius 3 is 2.05 bits per heavy atom. The van der Waals surface area contributed by atoms with Gasteiger partial charge in [0.1, 0.15) is 11.9 Å². The van der Waals surface area contributed by atoms with Crippen LogP contribution in [0.1, 0.15) is 34.5 Å². The summed E-state index contributed by atoms with van der Waals surface area (Å²) in [5.41, 5.74) is 1.55. The molecule has 1 aliphatic rings. The summed E-state index contributed by atoms with van der Waals surface area (Å²) in [6.07, 6.45) is 0. The number of carbonyl (C=O) groups excluding carboxylic acids is 1. The van der Waals surface area contributed by atoms with Gasteiger partial charge in [-0.2, -0.15) is 0 Å². The van der Waals surface area contributed by atoms with E-state index in [0.717, 1.165) is 23.3 Å². The Bertz CT molecular complexity index is 1420. The summed E-state index contributed by atoms with van der Waals surface area (Å²) >= 11 is 12.1. The number of likely N-dealkylation sites (tertiary alicyclic amines) is 1. The zero-order chi connectivity index (χ0) is 28.3. The SMILES string of the molecule is CC(NC(=O)c1cc(NS(=O)(=O)CC2CN(C(c3ccc(Cl)cc3)c3ccc(Cl)cc3)C2)ccc1F)C(=O)O. The fourth-order valence-electron chi connectivity index (χ4n) is 4.46. The maximum Gasteiger partial charge on any atom is 0.325 e. The second kappa shape index (κ2) is 11.9. The standard InChI is InChI=1S/C27H26Cl2FN3O5S/c1-16(27(35)36)31-26(34)23-12-22(10-11-24(23)30)32-39(37,38)15-17-13-33(14-17)25(18-2-6-20(28)7-3-18)19-4-8-21(29)9-5-19/h2-12,16-17,25,32H,13-15H2,1H3,(H,31,34)(H,35,36). The highest BCUT2D eigenvalue weighted by molar-refractivity contribution is 7.92. The van der Waals surface area contributed by atoms with E-state index in [4.69, 9.17) is 28.3 Å². The summed E-state index contributed by atoms with van der Waals surface area (Å²) in [7, 11) is -3.84. The summed E-state index contributed by atoms with van der Waals surface area (Å²) in [5.74, 6) is -3.49. The molecule has 206 valence electrons. The summed E-state index contributed by atoms with van der Waals surface area (Å²) in [6, 6.07) is 16.8. The maximum atomic E-state index is 14.2. The molecule has 0 radical (unpaired) electrons. The first-order valence-electron chi connectivity index (χ1n) is 12.0. The Labute approximate surface area is 235 Å². The highest BCUT2D eigenvalue weighted by atomic mass is 35.5. The summed E-state index contributed by atoms with van der Waals surface area (Å²) in [4.78, 5) is 25.4. The van der Waals surface area contributed by atoms with Crippen molar-refractivity contribution >= 4 is 50.8 Å². The number of amides is 1. The van der Waals surface area contributed by atoms with Crippen LogP contribution in [-0.4, -0.2) is 55.2 Å². The quantitative estimate of drug-likeness (QED) is 0.311. The number of sulfonamides is 1. The first-order valence-corrected chi connectivity index (χ1v) is 14.4. The van der Waals surface area contributed by atoms with Gasteiger partial charge < -0.3 is 10.4 Å². The Hall–Kier alpha value is -3.18. The third kappa shape index (κ3) is 7.27. The number of hydrogen-bond donors (Lipinski definition) is 3. The molecule has 4 rings (SSSR count). The molecule has 1 fully saturated rings. The van der Waals surface area contributed by atoms with Crippen molar-refractivity contribution in [3.8, 4) is 0 Å². The molecule has 1 atom stereocenters. The van der Waals surface area contributed by atoms with Gasteiger partial charge in [-0.25, -0.2) is 12.8 Å². The smallest absolute Gasteiger partial charge is 0.325 e. The summed E-state index contributed by atoms with van der Waals surface area (Å²) < 4.78 is 42.4. The maximum absolute atomic E-state index is 14.2. The fraction of sp³-hybridized carbons (Fsp3) is 0.259. The van der Waals surface area contributed by atoms with Crippen LogP contribution < -0.4 is 10.0 Å². The normalized spacial score (nSPS) is 15.0. The van der Waals surface area contributed by atoms with E-state index >= 15 is 0 Å². The van der Waals surface area contributed by atoms with Gasteiger partial charge in [0.15, 0.2) is 0 Å². The first kappa shape index (κ1) is 28.8. The Morgan fingerprint density at radius 2 is 1.54 bits per heavy atom.